The Bertz CT molecular complexity index is 608. The standard InChI is InChI=1S/C21H28O2/c1-3-12-23-15-5-7-16-14(13-15)4-6-18-17(16)10-11-21(2)19(18)8-9-20(21)22/h3,5,7,13,17-20,22H,1,4,6,8-12H2,2H3/t17-,18+,19+,20+,21+/m1/s1. The third kappa shape index (κ3) is 2.34. The Hall–Kier alpha value is -1.28. The van der Waals surface area contributed by atoms with Gasteiger partial charge in [-0.15, -0.1) is 0 Å². The Kier molecular flexibility index (Phi) is 3.76. The van der Waals surface area contributed by atoms with E-state index in [0.29, 0.717) is 18.4 Å². The zero-order chi connectivity index (χ0) is 16.0. The Labute approximate surface area is 139 Å². The van der Waals surface area contributed by atoms with Crippen LogP contribution in [-0.4, -0.2) is 17.8 Å². The summed E-state index contributed by atoms with van der Waals surface area (Å²) >= 11 is 0. The first-order valence-corrected chi connectivity index (χ1v) is 9.18. The average Bonchev–Trinajstić information content (AvgIpc) is 2.88. The number of aliphatic hydroxyl groups is 1. The van der Waals surface area contributed by atoms with Crippen LogP contribution in [0.3, 0.4) is 0 Å². The van der Waals surface area contributed by atoms with E-state index < -0.39 is 0 Å². The summed E-state index contributed by atoms with van der Waals surface area (Å²) in [6.07, 6.45) is 8.77. The molecule has 0 radical (unpaired) electrons. The molecule has 4 rings (SSSR count). The maximum atomic E-state index is 10.5. The molecule has 0 saturated heterocycles. The molecular weight excluding hydrogens is 284 g/mol. The zero-order valence-corrected chi connectivity index (χ0v) is 14.1. The van der Waals surface area contributed by atoms with E-state index in [0.717, 1.165) is 24.5 Å². The number of ether oxygens (including phenoxy) is 1. The Morgan fingerprint density at radius 1 is 1.30 bits per heavy atom. The summed E-state index contributed by atoms with van der Waals surface area (Å²) in [6.45, 7) is 6.63. The minimum atomic E-state index is -0.0791. The highest BCUT2D eigenvalue weighted by atomic mass is 16.5. The fourth-order valence-electron chi connectivity index (χ4n) is 5.78. The highest BCUT2D eigenvalue weighted by Crippen LogP contribution is 2.60. The Morgan fingerprint density at radius 3 is 3.00 bits per heavy atom. The van der Waals surface area contributed by atoms with E-state index in [-0.39, 0.29) is 11.5 Å². The molecule has 5 atom stereocenters. The van der Waals surface area contributed by atoms with Crippen LogP contribution in [-0.2, 0) is 6.42 Å². The van der Waals surface area contributed by atoms with Crippen molar-refractivity contribution in [2.45, 2.75) is 57.5 Å². The molecule has 3 aliphatic carbocycles. The molecule has 2 nitrogen and oxygen atoms in total. The molecule has 0 heterocycles. The predicted octanol–water partition coefficient (Wildman–Crippen LogP) is 4.47. The summed E-state index contributed by atoms with van der Waals surface area (Å²) in [5.41, 5.74) is 3.21. The minimum absolute atomic E-state index is 0.0791. The normalized spacial score (nSPS) is 38.3. The third-order valence-electron chi connectivity index (χ3n) is 7.02. The van der Waals surface area contributed by atoms with Gasteiger partial charge in [0.2, 0.25) is 0 Å². The second-order valence-corrected chi connectivity index (χ2v) is 8.01. The summed E-state index contributed by atoms with van der Waals surface area (Å²) in [7, 11) is 0. The van der Waals surface area contributed by atoms with Gasteiger partial charge in [-0.1, -0.05) is 25.6 Å². The molecule has 23 heavy (non-hydrogen) atoms. The van der Waals surface area contributed by atoms with E-state index in [9.17, 15) is 5.11 Å². The maximum absolute atomic E-state index is 10.5. The molecule has 0 aromatic heterocycles. The Balaban J connectivity index is 1.61. The lowest BCUT2D eigenvalue weighted by Gasteiger charge is -2.50. The Morgan fingerprint density at radius 2 is 2.17 bits per heavy atom. The lowest BCUT2D eigenvalue weighted by atomic mass is 9.55. The number of hydrogen-bond acceptors (Lipinski definition) is 2. The molecule has 1 aromatic carbocycles. The van der Waals surface area contributed by atoms with Gasteiger partial charge in [-0.05, 0) is 85.0 Å². The molecule has 0 aliphatic heterocycles. The molecule has 0 unspecified atom stereocenters. The smallest absolute Gasteiger partial charge is 0.120 e. The summed E-state index contributed by atoms with van der Waals surface area (Å²) < 4.78 is 5.71. The molecule has 2 heteroatoms. The van der Waals surface area contributed by atoms with E-state index in [1.165, 1.54) is 31.2 Å². The van der Waals surface area contributed by atoms with Gasteiger partial charge in [0, 0.05) is 0 Å². The van der Waals surface area contributed by atoms with Crippen LogP contribution in [0, 0.1) is 17.3 Å². The van der Waals surface area contributed by atoms with Crippen LogP contribution >= 0.6 is 0 Å². The summed E-state index contributed by atoms with van der Waals surface area (Å²) in [5.74, 6) is 3.13. The van der Waals surface area contributed by atoms with Crippen molar-refractivity contribution >= 4 is 0 Å². The minimum Gasteiger partial charge on any atom is -0.490 e. The van der Waals surface area contributed by atoms with Crippen LogP contribution < -0.4 is 4.74 Å². The van der Waals surface area contributed by atoms with Crippen molar-refractivity contribution in [2.75, 3.05) is 6.61 Å². The van der Waals surface area contributed by atoms with Gasteiger partial charge in [-0.25, -0.2) is 0 Å². The van der Waals surface area contributed by atoms with Gasteiger partial charge < -0.3 is 9.84 Å². The second kappa shape index (κ2) is 5.66. The lowest BCUT2D eigenvalue weighted by molar-refractivity contribution is -0.0226. The van der Waals surface area contributed by atoms with Crippen LogP contribution in [0.5, 0.6) is 5.75 Å². The summed E-state index contributed by atoms with van der Waals surface area (Å²) in [5, 5.41) is 10.5. The maximum Gasteiger partial charge on any atom is 0.120 e. The van der Waals surface area contributed by atoms with Gasteiger partial charge in [0.15, 0.2) is 0 Å². The van der Waals surface area contributed by atoms with Gasteiger partial charge in [-0.3, -0.25) is 0 Å². The van der Waals surface area contributed by atoms with E-state index >= 15 is 0 Å². The molecule has 3 aliphatic rings. The molecule has 2 fully saturated rings. The van der Waals surface area contributed by atoms with Crippen molar-refractivity contribution in [2.24, 2.45) is 17.3 Å². The van der Waals surface area contributed by atoms with E-state index in [4.69, 9.17) is 4.74 Å². The fraction of sp³-hybridized carbons (Fsp3) is 0.619. The van der Waals surface area contributed by atoms with Crippen molar-refractivity contribution in [3.05, 3.63) is 42.0 Å². The highest BCUT2D eigenvalue weighted by molar-refractivity contribution is 5.40. The number of benzene rings is 1. The predicted molar refractivity (Wildman–Crippen MR) is 92.8 cm³/mol. The molecule has 0 spiro atoms. The molecule has 2 saturated carbocycles. The molecule has 0 bridgehead atoms. The highest BCUT2D eigenvalue weighted by Gasteiger charge is 2.54. The summed E-state index contributed by atoms with van der Waals surface area (Å²) in [4.78, 5) is 0. The van der Waals surface area contributed by atoms with Crippen molar-refractivity contribution in [3.63, 3.8) is 0 Å². The average molecular weight is 312 g/mol. The molecular formula is C21H28O2. The SMILES string of the molecule is C=CCOc1ccc2c(c1)CC[C@H]1[C@@H]2CC[C@]2(C)[C@@H](O)CC[C@@H]12. The molecule has 1 aromatic rings. The topological polar surface area (TPSA) is 29.5 Å². The van der Waals surface area contributed by atoms with E-state index in [1.54, 1.807) is 11.6 Å². The number of aryl methyl sites for hydroxylation is 1. The summed E-state index contributed by atoms with van der Waals surface area (Å²) in [6, 6.07) is 6.67. The molecule has 1 N–H and O–H groups in total. The van der Waals surface area contributed by atoms with Gasteiger partial charge in [0.1, 0.15) is 12.4 Å². The molecule has 0 amide bonds. The lowest BCUT2D eigenvalue weighted by Crippen LogP contribution is -2.43. The van der Waals surface area contributed by atoms with Gasteiger partial charge in [-0.2, -0.15) is 0 Å². The van der Waals surface area contributed by atoms with E-state index in [1.807, 2.05) is 0 Å². The number of fused-ring (bicyclic) bond motifs is 5. The number of hydrogen-bond donors (Lipinski definition) is 1. The zero-order valence-electron chi connectivity index (χ0n) is 14.1. The number of rotatable bonds is 3. The first-order chi connectivity index (χ1) is 11.1. The first kappa shape index (κ1) is 15.3. The first-order valence-electron chi connectivity index (χ1n) is 9.18. The number of aliphatic hydroxyl groups excluding tert-OH is 1. The van der Waals surface area contributed by atoms with Crippen LogP contribution in [0.4, 0.5) is 0 Å². The monoisotopic (exact) mass is 312 g/mol. The largest absolute Gasteiger partial charge is 0.490 e. The van der Waals surface area contributed by atoms with Crippen molar-refractivity contribution in [1.82, 2.24) is 0 Å². The van der Waals surface area contributed by atoms with Crippen molar-refractivity contribution in [1.29, 1.82) is 0 Å². The van der Waals surface area contributed by atoms with Crippen LogP contribution in [0.25, 0.3) is 0 Å². The second-order valence-electron chi connectivity index (χ2n) is 8.01. The van der Waals surface area contributed by atoms with Gasteiger partial charge >= 0.3 is 0 Å². The van der Waals surface area contributed by atoms with Gasteiger partial charge in [0.25, 0.3) is 0 Å². The van der Waals surface area contributed by atoms with Gasteiger partial charge in [0.05, 0.1) is 6.10 Å². The van der Waals surface area contributed by atoms with Crippen LogP contribution in [0.15, 0.2) is 30.9 Å². The van der Waals surface area contributed by atoms with Crippen LogP contribution in [0.2, 0.25) is 0 Å². The van der Waals surface area contributed by atoms with E-state index in [2.05, 4.69) is 31.7 Å². The van der Waals surface area contributed by atoms with Crippen molar-refractivity contribution in [3.8, 4) is 5.75 Å². The van der Waals surface area contributed by atoms with Crippen LogP contribution in [0.1, 0.15) is 56.1 Å². The third-order valence-corrected chi connectivity index (χ3v) is 7.02. The molecule has 124 valence electrons. The fourth-order valence-corrected chi connectivity index (χ4v) is 5.78. The van der Waals surface area contributed by atoms with Crippen molar-refractivity contribution < 1.29 is 9.84 Å². The quantitative estimate of drug-likeness (QED) is 0.835.